The van der Waals surface area contributed by atoms with E-state index in [1.165, 1.54) is 11.1 Å². The van der Waals surface area contributed by atoms with Crippen molar-refractivity contribution in [2.45, 2.75) is 19.2 Å². The number of piperazine rings is 1. The number of benzene rings is 2. The standard InChI is InChI=1S/C23H30N2O3S/c1-18-5-4-6-19(13-18)16-29-17-23(26)25-11-9-24(10-12-25)15-20-14-21(27-2)7-8-22(20)28-3/h4-8,13-14H,9-12,15-17H2,1-3H3. The van der Waals surface area contributed by atoms with Gasteiger partial charge in [0.25, 0.3) is 0 Å². The molecule has 156 valence electrons. The van der Waals surface area contributed by atoms with E-state index in [2.05, 4.69) is 36.1 Å². The molecule has 3 rings (SSSR count). The smallest absolute Gasteiger partial charge is 0.232 e. The Morgan fingerprint density at radius 1 is 1.03 bits per heavy atom. The molecule has 6 heteroatoms. The lowest BCUT2D eigenvalue weighted by Crippen LogP contribution is -2.48. The van der Waals surface area contributed by atoms with Crippen molar-refractivity contribution in [3.63, 3.8) is 0 Å². The van der Waals surface area contributed by atoms with Gasteiger partial charge in [-0.05, 0) is 30.7 Å². The number of aryl methyl sites for hydroxylation is 1. The quantitative estimate of drug-likeness (QED) is 0.660. The predicted molar refractivity (Wildman–Crippen MR) is 119 cm³/mol. The molecule has 0 saturated carbocycles. The average Bonchev–Trinajstić information content (AvgIpc) is 2.74. The van der Waals surface area contributed by atoms with E-state index in [1.54, 1.807) is 26.0 Å². The van der Waals surface area contributed by atoms with Crippen molar-refractivity contribution in [2.75, 3.05) is 46.2 Å². The van der Waals surface area contributed by atoms with Crippen LogP contribution in [0.2, 0.25) is 0 Å². The minimum absolute atomic E-state index is 0.237. The molecule has 0 aliphatic carbocycles. The molecule has 1 aliphatic heterocycles. The molecule has 0 spiro atoms. The van der Waals surface area contributed by atoms with Crippen LogP contribution in [0.3, 0.4) is 0 Å². The molecule has 0 N–H and O–H groups in total. The molecule has 0 radical (unpaired) electrons. The summed E-state index contributed by atoms with van der Waals surface area (Å²) in [5.41, 5.74) is 3.65. The van der Waals surface area contributed by atoms with Crippen LogP contribution in [0.15, 0.2) is 42.5 Å². The Morgan fingerprint density at radius 3 is 2.52 bits per heavy atom. The summed E-state index contributed by atoms with van der Waals surface area (Å²) in [6.45, 7) is 6.18. The lowest BCUT2D eigenvalue weighted by molar-refractivity contribution is -0.130. The number of rotatable bonds is 8. The molecule has 0 bridgehead atoms. The largest absolute Gasteiger partial charge is 0.497 e. The van der Waals surface area contributed by atoms with Crippen LogP contribution in [-0.4, -0.2) is 61.9 Å². The summed E-state index contributed by atoms with van der Waals surface area (Å²) < 4.78 is 10.8. The van der Waals surface area contributed by atoms with Crippen molar-refractivity contribution in [1.82, 2.24) is 9.80 Å². The van der Waals surface area contributed by atoms with Gasteiger partial charge in [-0.25, -0.2) is 0 Å². The summed E-state index contributed by atoms with van der Waals surface area (Å²) in [5.74, 6) is 3.36. The fraction of sp³-hybridized carbons (Fsp3) is 0.435. The molecule has 1 aliphatic rings. The second-order valence-electron chi connectivity index (χ2n) is 7.32. The second-order valence-corrected chi connectivity index (χ2v) is 8.30. The zero-order chi connectivity index (χ0) is 20.6. The number of carbonyl (C=O) groups is 1. The number of nitrogens with zero attached hydrogens (tertiary/aromatic N) is 2. The number of thioether (sulfide) groups is 1. The van der Waals surface area contributed by atoms with Crippen LogP contribution in [0.1, 0.15) is 16.7 Å². The molecule has 1 amide bonds. The van der Waals surface area contributed by atoms with Gasteiger partial charge in [0.2, 0.25) is 5.91 Å². The highest BCUT2D eigenvalue weighted by molar-refractivity contribution is 7.99. The van der Waals surface area contributed by atoms with Gasteiger partial charge in [-0.15, -0.1) is 11.8 Å². The summed E-state index contributed by atoms with van der Waals surface area (Å²) in [6, 6.07) is 14.4. The van der Waals surface area contributed by atoms with Crippen molar-refractivity contribution >= 4 is 17.7 Å². The first-order valence-electron chi connectivity index (χ1n) is 9.93. The SMILES string of the molecule is COc1ccc(OC)c(CN2CCN(C(=O)CSCc3cccc(C)c3)CC2)c1. The molecule has 29 heavy (non-hydrogen) atoms. The number of methoxy groups -OCH3 is 2. The van der Waals surface area contributed by atoms with Gasteiger partial charge >= 0.3 is 0 Å². The Hall–Kier alpha value is -2.18. The Bertz CT molecular complexity index is 820. The number of hydrogen-bond acceptors (Lipinski definition) is 5. The average molecular weight is 415 g/mol. The highest BCUT2D eigenvalue weighted by atomic mass is 32.2. The van der Waals surface area contributed by atoms with Gasteiger partial charge in [-0.3, -0.25) is 9.69 Å². The third kappa shape index (κ3) is 6.15. The lowest BCUT2D eigenvalue weighted by atomic mass is 10.1. The Morgan fingerprint density at radius 2 is 1.83 bits per heavy atom. The molecule has 1 heterocycles. The normalized spacial score (nSPS) is 14.7. The van der Waals surface area contributed by atoms with Gasteiger partial charge in [0.1, 0.15) is 11.5 Å². The molecule has 5 nitrogen and oxygen atoms in total. The van der Waals surface area contributed by atoms with Crippen molar-refractivity contribution in [2.24, 2.45) is 0 Å². The van der Waals surface area contributed by atoms with Crippen LogP contribution in [0.4, 0.5) is 0 Å². The number of carbonyl (C=O) groups excluding carboxylic acids is 1. The summed E-state index contributed by atoms with van der Waals surface area (Å²) in [5, 5.41) is 0. The van der Waals surface area contributed by atoms with Crippen LogP contribution in [-0.2, 0) is 17.1 Å². The molecule has 2 aromatic carbocycles. The topological polar surface area (TPSA) is 42.0 Å². The predicted octanol–water partition coefficient (Wildman–Crippen LogP) is 3.59. The van der Waals surface area contributed by atoms with Crippen molar-refractivity contribution in [3.8, 4) is 11.5 Å². The van der Waals surface area contributed by atoms with Gasteiger partial charge in [0.05, 0.1) is 20.0 Å². The summed E-state index contributed by atoms with van der Waals surface area (Å²) >= 11 is 1.69. The number of ether oxygens (including phenoxy) is 2. The number of hydrogen-bond donors (Lipinski definition) is 0. The molecular weight excluding hydrogens is 384 g/mol. The maximum Gasteiger partial charge on any atom is 0.232 e. The van der Waals surface area contributed by atoms with Crippen molar-refractivity contribution in [3.05, 3.63) is 59.2 Å². The van der Waals surface area contributed by atoms with Gasteiger partial charge in [-0.2, -0.15) is 0 Å². The molecule has 2 aromatic rings. The minimum Gasteiger partial charge on any atom is -0.497 e. The first-order chi connectivity index (χ1) is 14.1. The zero-order valence-corrected chi connectivity index (χ0v) is 18.3. The summed E-state index contributed by atoms with van der Waals surface area (Å²) in [6.07, 6.45) is 0. The Labute approximate surface area is 178 Å². The van der Waals surface area contributed by atoms with E-state index in [1.807, 2.05) is 23.1 Å². The molecule has 0 atom stereocenters. The highest BCUT2D eigenvalue weighted by Crippen LogP contribution is 2.25. The Kier molecular flexibility index (Phi) is 7.83. The van der Waals surface area contributed by atoms with Gasteiger partial charge in [-0.1, -0.05) is 29.8 Å². The van der Waals surface area contributed by atoms with Gasteiger partial charge in [0.15, 0.2) is 0 Å². The van der Waals surface area contributed by atoms with Crippen LogP contribution in [0.25, 0.3) is 0 Å². The van der Waals surface area contributed by atoms with E-state index >= 15 is 0 Å². The molecule has 1 saturated heterocycles. The van der Waals surface area contributed by atoms with E-state index in [0.717, 1.165) is 55.5 Å². The fourth-order valence-corrected chi connectivity index (χ4v) is 4.43. The summed E-state index contributed by atoms with van der Waals surface area (Å²) in [7, 11) is 3.36. The van der Waals surface area contributed by atoms with Crippen LogP contribution >= 0.6 is 11.8 Å². The highest BCUT2D eigenvalue weighted by Gasteiger charge is 2.22. The lowest BCUT2D eigenvalue weighted by Gasteiger charge is -2.35. The third-order valence-electron chi connectivity index (χ3n) is 5.18. The molecule has 0 aromatic heterocycles. The Balaban J connectivity index is 1.44. The van der Waals surface area contributed by atoms with Crippen LogP contribution in [0, 0.1) is 6.92 Å². The number of amides is 1. The van der Waals surface area contributed by atoms with E-state index < -0.39 is 0 Å². The monoisotopic (exact) mass is 414 g/mol. The van der Waals surface area contributed by atoms with Gasteiger partial charge in [0, 0.05) is 44.0 Å². The van der Waals surface area contributed by atoms with E-state index in [0.29, 0.717) is 5.75 Å². The maximum atomic E-state index is 12.6. The molecule has 0 unspecified atom stereocenters. The van der Waals surface area contributed by atoms with E-state index in [-0.39, 0.29) is 5.91 Å². The second kappa shape index (κ2) is 10.6. The fourth-order valence-electron chi connectivity index (χ4n) is 3.55. The minimum atomic E-state index is 0.237. The molecule has 1 fully saturated rings. The van der Waals surface area contributed by atoms with E-state index in [4.69, 9.17) is 9.47 Å². The van der Waals surface area contributed by atoms with Crippen LogP contribution < -0.4 is 9.47 Å². The zero-order valence-electron chi connectivity index (χ0n) is 17.5. The first kappa shape index (κ1) is 21.5. The maximum absolute atomic E-state index is 12.6. The van der Waals surface area contributed by atoms with Crippen molar-refractivity contribution < 1.29 is 14.3 Å². The first-order valence-corrected chi connectivity index (χ1v) is 11.1. The van der Waals surface area contributed by atoms with E-state index in [9.17, 15) is 4.79 Å². The summed E-state index contributed by atoms with van der Waals surface area (Å²) in [4.78, 5) is 16.9. The van der Waals surface area contributed by atoms with Gasteiger partial charge < -0.3 is 14.4 Å². The molecular formula is C23H30N2O3S. The third-order valence-corrected chi connectivity index (χ3v) is 6.17. The van der Waals surface area contributed by atoms with Crippen molar-refractivity contribution in [1.29, 1.82) is 0 Å². The van der Waals surface area contributed by atoms with Crippen LogP contribution in [0.5, 0.6) is 11.5 Å².